The van der Waals surface area contributed by atoms with E-state index in [-0.39, 0.29) is 17.4 Å². The van der Waals surface area contributed by atoms with Gasteiger partial charge in [-0.15, -0.1) is 11.3 Å². The van der Waals surface area contributed by atoms with Crippen LogP contribution in [0.1, 0.15) is 38.4 Å². The molecule has 2 aliphatic heterocycles. The predicted molar refractivity (Wildman–Crippen MR) is 106 cm³/mol. The van der Waals surface area contributed by atoms with Crippen molar-refractivity contribution in [1.82, 2.24) is 4.90 Å². The van der Waals surface area contributed by atoms with Gasteiger partial charge in [0.1, 0.15) is 5.82 Å². The number of ether oxygens (including phenoxy) is 1. The summed E-state index contributed by atoms with van der Waals surface area (Å²) in [5, 5.41) is 3.36. The SMILES string of the molecule is Cc1cc(NC(=O)c2cccc(F)c2)sc1C(=O)N1CC(C2CCOCC2)C1. The van der Waals surface area contributed by atoms with Gasteiger partial charge in [-0.1, -0.05) is 6.07 Å². The first-order chi connectivity index (χ1) is 13.5. The molecule has 0 spiro atoms. The summed E-state index contributed by atoms with van der Waals surface area (Å²) in [7, 11) is 0. The van der Waals surface area contributed by atoms with Crippen LogP contribution in [0.3, 0.4) is 0 Å². The highest BCUT2D eigenvalue weighted by Gasteiger charge is 2.37. The fourth-order valence-electron chi connectivity index (χ4n) is 3.88. The van der Waals surface area contributed by atoms with E-state index < -0.39 is 5.82 Å². The number of rotatable bonds is 4. The fourth-order valence-corrected chi connectivity index (χ4v) is 4.91. The Hall–Kier alpha value is -2.25. The van der Waals surface area contributed by atoms with E-state index in [0.29, 0.717) is 21.7 Å². The third-order valence-corrected chi connectivity index (χ3v) is 6.71. The molecule has 1 N–H and O–H groups in total. The minimum absolute atomic E-state index is 0.0251. The molecule has 5 nitrogen and oxygen atoms in total. The molecule has 2 aromatic rings. The fraction of sp³-hybridized carbons (Fsp3) is 0.429. The number of anilines is 1. The summed E-state index contributed by atoms with van der Waals surface area (Å²) < 4.78 is 18.7. The van der Waals surface area contributed by atoms with Crippen molar-refractivity contribution in [2.75, 3.05) is 31.6 Å². The van der Waals surface area contributed by atoms with Crippen LogP contribution in [0.15, 0.2) is 30.3 Å². The Morgan fingerprint density at radius 1 is 1.18 bits per heavy atom. The van der Waals surface area contributed by atoms with Gasteiger partial charge in [-0.3, -0.25) is 9.59 Å². The first kappa shape index (κ1) is 19.1. The molecule has 148 valence electrons. The van der Waals surface area contributed by atoms with Gasteiger partial charge in [-0.25, -0.2) is 4.39 Å². The number of nitrogens with zero attached hydrogens (tertiary/aromatic N) is 1. The topological polar surface area (TPSA) is 58.6 Å². The van der Waals surface area contributed by atoms with E-state index in [4.69, 9.17) is 4.74 Å². The van der Waals surface area contributed by atoms with E-state index in [1.165, 1.54) is 29.5 Å². The number of thiophene rings is 1. The van der Waals surface area contributed by atoms with Crippen LogP contribution in [0.4, 0.5) is 9.39 Å². The van der Waals surface area contributed by atoms with Crippen LogP contribution in [0.25, 0.3) is 0 Å². The maximum atomic E-state index is 13.3. The highest BCUT2D eigenvalue weighted by atomic mass is 32.1. The largest absolute Gasteiger partial charge is 0.381 e. The molecule has 7 heteroatoms. The van der Waals surface area contributed by atoms with Gasteiger partial charge < -0.3 is 15.0 Å². The Kier molecular flexibility index (Phi) is 5.46. The summed E-state index contributed by atoms with van der Waals surface area (Å²) in [6, 6.07) is 7.34. The molecule has 2 aliphatic rings. The molecule has 28 heavy (non-hydrogen) atoms. The Labute approximate surface area is 167 Å². The Morgan fingerprint density at radius 3 is 2.64 bits per heavy atom. The molecule has 0 atom stereocenters. The number of carbonyl (C=O) groups is 2. The number of aryl methyl sites for hydroxylation is 1. The van der Waals surface area contributed by atoms with Crippen LogP contribution in [0.2, 0.25) is 0 Å². The van der Waals surface area contributed by atoms with E-state index in [2.05, 4.69) is 5.32 Å². The van der Waals surface area contributed by atoms with Crippen LogP contribution < -0.4 is 5.32 Å². The zero-order valence-electron chi connectivity index (χ0n) is 15.7. The van der Waals surface area contributed by atoms with Crippen molar-refractivity contribution in [1.29, 1.82) is 0 Å². The number of nitrogens with one attached hydrogen (secondary N) is 1. The van der Waals surface area contributed by atoms with Crippen LogP contribution in [0, 0.1) is 24.6 Å². The van der Waals surface area contributed by atoms with Gasteiger partial charge in [0.15, 0.2) is 0 Å². The van der Waals surface area contributed by atoms with Crippen molar-refractivity contribution in [3.8, 4) is 0 Å². The Balaban J connectivity index is 1.37. The van der Waals surface area contributed by atoms with Crippen molar-refractivity contribution in [3.05, 3.63) is 52.2 Å². The lowest BCUT2D eigenvalue weighted by molar-refractivity contribution is -0.00245. The minimum atomic E-state index is -0.456. The van der Waals surface area contributed by atoms with Crippen molar-refractivity contribution in [3.63, 3.8) is 0 Å². The normalized spacial score (nSPS) is 18.0. The van der Waals surface area contributed by atoms with Crippen LogP contribution in [-0.2, 0) is 4.74 Å². The molecule has 1 aromatic carbocycles. The Morgan fingerprint density at radius 2 is 1.93 bits per heavy atom. The molecule has 0 unspecified atom stereocenters. The maximum absolute atomic E-state index is 13.3. The molecule has 3 heterocycles. The second kappa shape index (κ2) is 8.01. The summed E-state index contributed by atoms with van der Waals surface area (Å²) in [6.45, 7) is 5.12. The summed E-state index contributed by atoms with van der Waals surface area (Å²) >= 11 is 1.27. The van der Waals surface area contributed by atoms with Crippen LogP contribution in [-0.4, -0.2) is 43.0 Å². The lowest BCUT2D eigenvalue weighted by atomic mass is 9.81. The van der Waals surface area contributed by atoms with Crippen molar-refractivity contribution in [2.45, 2.75) is 19.8 Å². The van der Waals surface area contributed by atoms with E-state index in [9.17, 15) is 14.0 Å². The summed E-state index contributed by atoms with van der Waals surface area (Å²) in [4.78, 5) is 27.7. The average molecular weight is 402 g/mol. The van der Waals surface area contributed by atoms with E-state index in [1.807, 2.05) is 11.8 Å². The van der Waals surface area contributed by atoms with Gasteiger partial charge >= 0.3 is 0 Å². The smallest absolute Gasteiger partial charge is 0.264 e. The van der Waals surface area contributed by atoms with Crippen LogP contribution in [0.5, 0.6) is 0 Å². The Bertz CT molecular complexity index is 886. The van der Waals surface area contributed by atoms with E-state index in [1.54, 1.807) is 12.1 Å². The quantitative estimate of drug-likeness (QED) is 0.843. The molecule has 2 amide bonds. The number of benzene rings is 1. The molecular formula is C21H23FN2O3S. The lowest BCUT2D eigenvalue weighted by Gasteiger charge is -2.44. The molecule has 0 saturated carbocycles. The molecule has 0 aliphatic carbocycles. The number of amides is 2. The molecule has 4 rings (SSSR count). The second-order valence-electron chi connectivity index (χ2n) is 7.51. The van der Waals surface area contributed by atoms with Crippen molar-refractivity contribution < 1.29 is 18.7 Å². The second-order valence-corrected chi connectivity index (χ2v) is 8.56. The molecule has 0 radical (unpaired) electrons. The van der Waals surface area contributed by atoms with Crippen molar-refractivity contribution in [2.24, 2.45) is 11.8 Å². The van der Waals surface area contributed by atoms with Gasteiger partial charge in [0.25, 0.3) is 11.8 Å². The van der Waals surface area contributed by atoms with Gasteiger partial charge in [0.05, 0.1) is 9.88 Å². The number of halogens is 1. The first-order valence-electron chi connectivity index (χ1n) is 9.55. The maximum Gasteiger partial charge on any atom is 0.264 e. The molecular weight excluding hydrogens is 379 g/mol. The summed E-state index contributed by atoms with van der Waals surface area (Å²) in [5.74, 6) is 0.409. The lowest BCUT2D eigenvalue weighted by Crippen LogP contribution is -2.53. The van der Waals surface area contributed by atoms with Gasteiger partial charge in [0, 0.05) is 31.9 Å². The number of carbonyl (C=O) groups excluding carboxylic acids is 2. The van der Waals surface area contributed by atoms with E-state index in [0.717, 1.165) is 44.7 Å². The highest BCUT2D eigenvalue weighted by molar-refractivity contribution is 7.18. The summed E-state index contributed by atoms with van der Waals surface area (Å²) in [6.07, 6.45) is 2.17. The number of hydrogen-bond donors (Lipinski definition) is 1. The monoisotopic (exact) mass is 402 g/mol. The minimum Gasteiger partial charge on any atom is -0.381 e. The average Bonchev–Trinajstić information content (AvgIpc) is 3.01. The third-order valence-electron chi connectivity index (χ3n) is 5.57. The predicted octanol–water partition coefficient (Wildman–Crippen LogP) is 3.95. The van der Waals surface area contributed by atoms with Gasteiger partial charge in [-0.2, -0.15) is 0 Å². The molecule has 1 aromatic heterocycles. The van der Waals surface area contributed by atoms with E-state index >= 15 is 0 Å². The standard InChI is InChI=1S/C21H23FN2O3S/c1-13-9-18(23-20(25)15-3-2-4-17(22)10-15)28-19(13)21(26)24-11-16(12-24)14-5-7-27-8-6-14/h2-4,9-10,14,16H,5-8,11-12H2,1H3,(H,23,25). The zero-order valence-corrected chi connectivity index (χ0v) is 16.6. The number of likely N-dealkylation sites (tertiary alicyclic amines) is 1. The molecule has 2 saturated heterocycles. The first-order valence-corrected chi connectivity index (χ1v) is 10.4. The number of hydrogen-bond acceptors (Lipinski definition) is 4. The molecule has 2 fully saturated rings. The van der Waals surface area contributed by atoms with Gasteiger partial charge in [-0.05, 0) is 61.4 Å². The van der Waals surface area contributed by atoms with Crippen molar-refractivity contribution >= 4 is 28.2 Å². The zero-order chi connectivity index (χ0) is 19.7. The molecule has 0 bridgehead atoms. The highest BCUT2D eigenvalue weighted by Crippen LogP contribution is 2.34. The van der Waals surface area contributed by atoms with Crippen LogP contribution >= 0.6 is 11.3 Å². The third kappa shape index (κ3) is 3.95. The van der Waals surface area contributed by atoms with Gasteiger partial charge in [0.2, 0.25) is 0 Å². The summed E-state index contributed by atoms with van der Waals surface area (Å²) in [5.41, 5.74) is 1.10.